The van der Waals surface area contributed by atoms with Crippen LogP contribution in [0.3, 0.4) is 0 Å². The van der Waals surface area contributed by atoms with Crippen molar-refractivity contribution in [2.24, 2.45) is 0 Å². The minimum absolute atomic E-state index is 0.000805. The van der Waals surface area contributed by atoms with Crippen molar-refractivity contribution in [2.75, 3.05) is 18.5 Å². The summed E-state index contributed by atoms with van der Waals surface area (Å²) in [5, 5.41) is 12.1. The number of carbonyl (C=O) groups excluding carboxylic acids is 1. The fourth-order valence-electron chi connectivity index (χ4n) is 3.32. The van der Waals surface area contributed by atoms with Gasteiger partial charge in [-0.15, -0.1) is 0 Å². The van der Waals surface area contributed by atoms with Crippen molar-refractivity contribution in [3.63, 3.8) is 0 Å². The first kappa shape index (κ1) is 17.2. The van der Waals surface area contributed by atoms with Crippen LogP contribution in [0.4, 0.5) is 10.5 Å². The molecule has 2 saturated carbocycles. The molecule has 0 saturated heterocycles. The topological polar surface area (TPSA) is 61.8 Å². The van der Waals surface area contributed by atoms with E-state index in [4.69, 9.17) is 9.84 Å². The third-order valence-corrected chi connectivity index (χ3v) is 4.81. The lowest BCUT2D eigenvalue weighted by atomic mass is 9.98. The molecule has 5 nitrogen and oxygen atoms in total. The number of hydrogen-bond donors (Lipinski definition) is 2. The van der Waals surface area contributed by atoms with Crippen molar-refractivity contribution in [3.8, 4) is 0 Å². The molecule has 1 aromatic carbocycles. The molecule has 5 heteroatoms. The van der Waals surface area contributed by atoms with Gasteiger partial charge in [-0.25, -0.2) is 4.79 Å². The Morgan fingerprint density at radius 2 is 2.00 bits per heavy atom. The number of ether oxygens (including phenoxy) is 1. The molecule has 2 N–H and O–H groups in total. The zero-order chi connectivity index (χ0) is 16.8. The van der Waals surface area contributed by atoms with Crippen molar-refractivity contribution in [1.82, 2.24) is 4.90 Å². The normalized spacial score (nSPS) is 18.4. The Bertz CT molecular complexity index is 539. The van der Waals surface area contributed by atoms with Gasteiger partial charge in [-0.2, -0.15) is 0 Å². The van der Waals surface area contributed by atoms with Gasteiger partial charge in [-0.1, -0.05) is 31.4 Å². The van der Waals surface area contributed by atoms with E-state index in [0.717, 1.165) is 36.9 Å². The molecule has 2 fully saturated rings. The number of anilines is 1. The standard InChI is InChI=1S/C19H28N2O3/c22-12-11-21(17-9-10-17)19(23)20-16-6-4-5-15(13-16)14-24-18-7-2-1-3-8-18/h4-6,13,17-18,22H,1-3,7-12,14H2,(H,20,23). The number of carbonyl (C=O) groups is 1. The van der Waals surface area contributed by atoms with Gasteiger partial charge in [0, 0.05) is 18.3 Å². The maximum absolute atomic E-state index is 12.4. The van der Waals surface area contributed by atoms with E-state index in [1.54, 1.807) is 4.90 Å². The summed E-state index contributed by atoms with van der Waals surface area (Å²) < 4.78 is 6.01. The third kappa shape index (κ3) is 4.95. The van der Waals surface area contributed by atoms with Gasteiger partial charge in [0.2, 0.25) is 0 Å². The fourth-order valence-corrected chi connectivity index (χ4v) is 3.32. The summed E-state index contributed by atoms with van der Waals surface area (Å²) in [6, 6.07) is 8.01. The van der Waals surface area contributed by atoms with Gasteiger partial charge in [0.05, 0.1) is 19.3 Å². The lowest BCUT2D eigenvalue weighted by Gasteiger charge is -2.23. The van der Waals surface area contributed by atoms with Gasteiger partial charge in [0.25, 0.3) is 0 Å². The molecule has 0 spiro atoms. The number of nitrogens with one attached hydrogen (secondary N) is 1. The summed E-state index contributed by atoms with van der Waals surface area (Å²) in [6.45, 7) is 0.984. The number of benzene rings is 1. The van der Waals surface area contributed by atoms with Crippen LogP contribution in [0.1, 0.15) is 50.5 Å². The Hall–Kier alpha value is -1.59. The quantitative estimate of drug-likeness (QED) is 0.803. The van der Waals surface area contributed by atoms with Crippen LogP contribution >= 0.6 is 0 Å². The molecule has 0 heterocycles. The number of nitrogens with zero attached hydrogens (tertiary/aromatic N) is 1. The Balaban J connectivity index is 1.53. The highest BCUT2D eigenvalue weighted by atomic mass is 16.5. The molecule has 0 radical (unpaired) electrons. The molecule has 2 aliphatic carbocycles. The van der Waals surface area contributed by atoms with Crippen LogP contribution in [0.2, 0.25) is 0 Å². The first-order valence-corrected chi connectivity index (χ1v) is 9.15. The second-order valence-corrected chi connectivity index (χ2v) is 6.85. The van der Waals surface area contributed by atoms with Crippen molar-refractivity contribution >= 4 is 11.7 Å². The number of urea groups is 1. The highest BCUT2D eigenvalue weighted by Crippen LogP contribution is 2.27. The molecule has 0 unspecified atom stereocenters. The zero-order valence-electron chi connectivity index (χ0n) is 14.2. The van der Waals surface area contributed by atoms with E-state index >= 15 is 0 Å². The monoisotopic (exact) mass is 332 g/mol. The molecule has 132 valence electrons. The van der Waals surface area contributed by atoms with Gasteiger partial charge in [-0.3, -0.25) is 0 Å². The summed E-state index contributed by atoms with van der Waals surface area (Å²) in [5.74, 6) is 0. The van der Waals surface area contributed by atoms with Crippen LogP contribution in [0, 0.1) is 0 Å². The molecular formula is C19H28N2O3. The molecule has 2 amide bonds. The Kier molecular flexibility index (Phi) is 6.10. The molecule has 0 bridgehead atoms. The van der Waals surface area contributed by atoms with E-state index in [9.17, 15) is 4.79 Å². The van der Waals surface area contributed by atoms with E-state index in [2.05, 4.69) is 5.32 Å². The second-order valence-electron chi connectivity index (χ2n) is 6.85. The predicted octanol–water partition coefficient (Wildman–Crippen LogP) is 3.52. The second kappa shape index (κ2) is 8.49. The van der Waals surface area contributed by atoms with E-state index in [0.29, 0.717) is 19.3 Å². The van der Waals surface area contributed by atoms with Crippen LogP contribution in [0.25, 0.3) is 0 Å². The summed E-state index contributed by atoms with van der Waals surface area (Å²) >= 11 is 0. The summed E-state index contributed by atoms with van der Waals surface area (Å²) in [5.41, 5.74) is 1.87. The highest BCUT2D eigenvalue weighted by molar-refractivity contribution is 5.89. The van der Waals surface area contributed by atoms with Crippen LogP contribution in [0.5, 0.6) is 0 Å². The third-order valence-electron chi connectivity index (χ3n) is 4.81. The smallest absolute Gasteiger partial charge is 0.322 e. The SMILES string of the molecule is O=C(Nc1cccc(COC2CCCCC2)c1)N(CCO)C1CC1. The van der Waals surface area contributed by atoms with Crippen LogP contribution in [-0.2, 0) is 11.3 Å². The highest BCUT2D eigenvalue weighted by Gasteiger charge is 2.32. The summed E-state index contributed by atoms with van der Waals surface area (Å²) in [6.07, 6.45) is 8.62. The maximum atomic E-state index is 12.4. The van der Waals surface area contributed by atoms with E-state index in [1.807, 2.05) is 24.3 Å². The van der Waals surface area contributed by atoms with Gasteiger partial charge in [0.15, 0.2) is 0 Å². The number of rotatable bonds is 7. The number of amides is 2. The average Bonchev–Trinajstić information content (AvgIpc) is 3.44. The van der Waals surface area contributed by atoms with Crippen molar-refractivity contribution in [2.45, 2.75) is 63.7 Å². The van der Waals surface area contributed by atoms with E-state index in [-0.39, 0.29) is 18.7 Å². The fraction of sp³-hybridized carbons (Fsp3) is 0.632. The summed E-state index contributed by atoms with van der Waals surface area (Å²) in [4.78, 5) is 14.1. The number of hydrogen-bond acceptors (Lipinski definition) is 3. The minimum atomic E-state index is -0.128. The van der Waals surface area contributed by atoms with Crippen LogP contribution < -0.4 is 5.32 Å². The Morgan fingerprint density at radius 1 is 1.21 bits per heavy atom. The maximum Gasteiger partial charge on any atom is 0.322 e. The average molecular weight is 332 g/mol. The van der Waals surface area contributed by atoms with Gasteiger partial charge >= 0.3 is 6.03 Å². The lowest BCUT2D eigenvalue weighted by molar-refractivity contribution is 0.0169. The first-order valence-electron chi connectivity index (χ1n) is 9.15. The molecule has 24 heavy (non-hydrogen) atoms. The molecule has 3 rings (SSSR count). The largest absolute Gasteiger partial charge is 0.395 e. The summed E-state index contributed by atoms with van der Waals surface area (Å²) in [7, 11) is 0. The molecule has 0 aromatic heterocycles. The molecule has 0 aliphatic heterocycles. The van der Waals surface area contributed by atoms with Crippen molar-refractivity contribution < 1.29 is 14.6 Å². The van der Waals surface area contributed by atoms with Crippen LogP contribution in [0.15, 0.2) is 24.3 Å². The van der Waals surface area contributed by atoms with E-state index in [1.165, 1.54) is 19.3 Å². The van der Waals surface area contributed by atoms with Gasteiger partial charge in [0.1, 0.15) is 0 Å². The first-order chi connectivity index (χ1) is 11.8. The van der Waals surface area contributed by atoms with Crippen molar-refractivity contribution in [3.05, 3.63) is 29.8 Å². The molecule has 2 aliphatic rings. The Morgan fingerprint density at radius 3 is 2.71 bits per heavy atom. The van der Waals surface area contributed by atoms with Gasteiger partial charge in [-0.05, 0) is 43.4 Å². The predicted molar refractivity (Wildman–Crippen MR) is 93.9 cm³/mol. The van der Waals surface area contributed by atoms with E-state index < -0.39 is 0 Å². The molecular weight excluding hydrogens is 304 g/mol. The number of aliphatic hydroxyl groups excluding tert-OH is 1. The molecule has 0 atom stereocenters. The van der Waals surface area contributed by atoms with Crippen molar-refractivity contribution in [1.29, 1.82) is 0 Å². The molecule has 1 aromatic rings. The lowest BCUT2D eigenvalue weighted by Crippen LogP contribution is -2.38. The Labute approximate surface area is 144 Å². The number of aliphatic hydroxyl groups is 1. The van der Waals surface area contributed by atoms with Crippen LogP contribution in [-0.4, -0.2) is 41.3 Å². The van der Waals surface area contributed by atoms with Gasteiger partial charge < -0.3 is 20.1 Å². The zero-order valence-corrected chi connectivity index (χ0v) is 14.2. The minimum Gasteiger partial charge on any atom is -0.395 e.